The minimum atomic E-state index is -0.837. The second kappa shape index (κ2) is 19.1. The second-order valence-electron chi connectivity index (χ2n) is 23.6. The van der Waals surface area contributed by atoms with Gasteiger partial charge in [-0.25, -0.2) is 8.78 Å². The molecule has 1 spiro atoms. The summed E-state index contributed by atoms with van der Waals surface area (Å²) in [6.07, 6.45) is 0. The van der Waals surface area contributed by atoms with Crippen molar-refractivity contribution in [2.45, 2.75) is 51.4 Å². The topological polar surface area (TPSA) is 19.6 Å². The summed E-state index contributed by atoms with van der Waals surface area (Å²) in [4.78, 5) is 4.73. The number of para-hydroxylation sites is 1. The highest BCUT2D eigenvalue weighted by Gasteiger charge is 2.54. The summed E-state index contributed by atoms with van der Waals surface area (Å²) in [6.45, 7) is 11.2. The molecule has 13 aromatic rings. The molecule has 0 unspecified atom stereocenters. The zero-order valence-corrected chi connectivity index (χ0v) is 46.9. The molecule has 0 atom stereocenters. The third-order valence-electron chi connectivity index (χ3n) is 17.6. The van der Waals surface area contributed by atoms with Crippen LogP contribution in [0.3, 0.4) is 0 Å². The molecule has 0 saturated heterocycles. The van der Waals surface area contributed by atoms with E-state index in [9.17, 15) is 0 Å². The van der Waals surface area contributed by atoms with Gasteiger partial charge in [-0.3, -0.25) is 0 Å². The molecule has 2 aliphatic carbocycles. The van der Waals surface area contributed by atoms with E-state index in [1.165, 1.54) is 51.1 Å². The van der Waals surface area contributed by atoms with E-state index in [1.54, 1.807) is 12.1 Å². The van der Waals surface area contributed by atoms with Crippen molar-refractivity contribution in [3.8, 4) is 44.5 Å². The Kier molecular flexibility index (Phi) is 11.6. The molecule has 1 heterocycles. The number of nitrogens with zero attached hydrogens (tertiary/aromatic N) is 2. The van der Waals surface area contributed by atoms with Crippen LogP contribution < -0.4 is 9.80 Å². The molecule has 0 amide bonds. The highest BCUT2D eigenvalue weighted by atomic mass is 19.1. The Balaban J connectivity index is 1.06. The molecule has 400 valence electrons. The maximum Gasteiger partial charge on any atom is 0.160 e. The third kappa shape index (κ3) is 7.74. The number of hydrogen-bond acceptors (Lipinski definition) is 3. The first-order valence-electron chi connectivity index (χ1n) is 28.7. The van der Waals surface area contributed by atoms with Gasteiger partial charge in [0.1, 0.15) is 17.2 Å². The van der Waals surface area contributed by atoms with Crippen LogP contribution in [0.2, 0.25) is 0 Å². The maximum absolute atomic E-state index is 15.5. The molecule has 2 aliphatic rings. The average Bonchev–Trinajstić information content (AvgIpc) is 1.59. The lowest BCUT2D eigenvalue weighted by Gasteiger charge is -2.34. The predicted molar refractivity (Wildman–Crippen MR) is 340 cm³/mol. The van der Waals surface area contributed by atoms with Gasteiger partial charge in [-0.2, -0.15) is 0 Å². The third-order valence-corrected chi connectivity index (χ3v) is 17.6. The Morgan fingerprint density at radius 1 is 0.398 bits per heavy atom. The summed E-state index contributed by atoms with van der Waals surface area (Å²) in [7, 11) is 0. The zero-order chi connectivity index (χ0) is 56.3. The van der Waals surface area contributed by atoms with Crippen LogP contribution in [-0.4, -0.2) is 0 Å². The number of anilines is 6. The van der Waals surface area contributed by atoms with E-state index >= 15 is 8.78 Å². The van der Waals surface area contributed by atoms with Gasteiger partial charge < -0.3 is 14.2 Å². The minimum absolute atomic E-state index is 0.0779. The molecule has 5 heteroatoms. The summed E-state index contributed by atoms with van der Waals surface area (Å²) >= 11 is 0. The van der Waals surface area contributed by atoms with Crippen LogP contribution in [0.1, 0.15) is 73.9 Å². The minimum Gasteiger partial charge on any atom is -0.454 e. The SMILES string of the molecule is CC(C)c1ccc(N(c2ccc(-c3ccccc3F)cc2)c2cc3c(c4ccccc24)-c2c(cc(N(c4ccc(-c5ccccc5F)cc4)c4ccc(C(C)(C)C)cc4)c4oc5ccccc5c24)C32c3ccccc3-c3ccccc32)cc1. The van der Waals surface area contributed by atoms with E-state index in [1.807, 2.05) is 48.5 Å². The molecule has 3 nitrogen and oxygen atoms in total. The van der Waals surface area contributed by atoms with Crippen LogP contribution in [0.4, 0.5) is 42.9 Å². The van der Waals surface area contributed by atoms with Crippen LogP contribution in [0, 0.1) is 11.6 Å². The van der Waals surface area contributed by atoms with Gasteiger partial charge in [0.05, 0.1) is 16.8 Å². The van der Waals surface area contributed by atoms with Crippen molar-refractivity contribution in [3.05, 3.63) is 300 Å². The first-order valence-corrected chi connectivity index (χ1v) is 28.7. The highest BCUT2D eigenvalue weighted by molar-refractivity contribution is 6.24. The van der Waals surface area contributed by atoms with Gasteiger partial charge in [-0.05, 0) is 162 Å². The van der Waals surface area contributed by atoms with E-state index in [0.29, 0.717) is 17.0 Å². The van der Waals surface area contributed by atoms with Crippen molar-refractivity contribution in [1.29, 1.82) is 0 Å². The second-order valence-corrected chi connectivity index (χ2v) is 23.6. The Morgan fingerprint density at radius 3 is 1.35 bits per heavy atom. The summed E-state index contributed by atoms with van der Waals surface area (Å²) in [5.41, 5.74) is 21.0. The summed E-state index contributed by atoms with van der Waals surface area (Å²) in [5, 5.41) is 4.26. The number of fused-ring (bicyclic) bond motifs is 16. The van der Waals surface area contributed by atoms with E-state index < -0.39 is 5.41 Å². The molecule has 0 N–H and O–H groups in total. The largest absolute Gasteiger partial charge is 0.454 e. The quantitative estimate of drug-likeness (QED) is 0.144. The van der Waals surface area contributed by atoms with Gasteiger partial charge in [0.2, 0.25) is 0 Å². The van der Waals surface area contributed by atoms with Crippen molar-refractivity contribution in [2.75, 3.05) is 9.80 Å². The predicted octanol–water partition coefficient (Wildman–Crippen LogP) is 22.1. The molecule has 83 heavy (non-hydrogen) atoms. The number of hydrogen-bond donors (Lipinski definition) is 0. The Labute approximate surface area is 483 Å². The molecule has 12 aromatic carbocycles. The standard InChI is InChI=1S/C78H58F2N2O/c1-48(2)49-30-38-53(39-31-49)81(54-40-32-50(33-41-54)57-18-10-15-27-68(57)79)70-46-66-73(62-23-7-6-22-61(62)70)75-67(78(66)64-25-13-8-20-59(64)60-21-9-14-26-65(60)78)47-71(76-74(75)63-24-12-17-29-72(63)83-76)82(56-44-36-52(37-45-56)77(3,4)5)55-42-34-51(35-43-55)58-19-11-16-28-69(58)80/h6-48H,1-5H3. The van der Waals surface area contributed by atoms with E-state index in [0.717, 1.165) is 94.7 Å². The Bertz CT molecular complexity index is 4660. The van der Waals surface area contributed by atoms with Crippen LogP contribution in [0.15, 0.2) is 259 Å². The molecule has 0 aliphatic heterocycles. The van der Waals surface area contributed by atoms with E-state index in [4.69, 9.17) is 4.42 Å². The van der Waals surface area contributed by atoms with Gasteiger partial charge in [-0.1, -0.05) is 211 Å². The lowest BCUT2D eigenvalue weighted by Crippen LogP contribution is -2.26. The highest BCUT2D eigenvalue weighted by Crippen LogP contribution is 2.67. The van der Waals surface area contributed by atoms with Crippen LogP contribution in [0.25, 0.3) is 77.2 Å². The van der Waals surface area contributed by atoms with Crippen LogP contribution >= 0.6 is 0 Å². The fraction of sp³-hybridized carbons (Fsp3) is 0.103. The number of furan rings is 1. The lowest BCUT2D eigenvalue weighted by molar-refractivity contribution is 0.590. The van der Waals surface area contributed by atoms with E-state index in [-0.39, 0.29) is 17.0 Å². The number of halogens is 2. The van der Waals surface area contributed by atoms with Crippen molar-refractivity contribution >= 4 is 66.8 Å². The normalized spacial score (nSPS) is 13.0. The molecule has 1 aromatic heterocycles. The van der Waals surface area contributed by atoms with Gasteiger partial charge in [0.15, 0.2) is 5.58 Å². The molecule has 0 saturated carbocycles. The summed E-state index contributed by atoms with van der Waals surface area (Å²) in [5.74, 6) is -0.174. The fourth-order valence-corrected chi connectivity index (χ4v) is 13.6. The number of benzene rings is 12. The van der Waals surface area contributed by atoms with Gasteiger partial charge in [-0.15, -0.1) is 0 Å². The summed E-state index contributed by atoms with van der Waals surface area (Å²) < 4.78 is 38.3. The lowest BCUT2D eigenvalue weighted by atomic mass is 9.70. The maximum atomic E-state index is 15.5. The zero-order valence-electron chi connectivity index (χ0n) is 46.9. The monoisotopic (exact) mass is 1080 g/mol. The van der Waals surface area contributed by atoms with Gasteiger partial charge in [0, 0.05) is 50.0 Å². The Hall–Kier alpha value is -9.84. The molecule has 0 bridgehead atoms. The van der Waals surface area contributed by atoms with Crippen LogP contribution in [-0.2, 0) is 10.8 Å². The van der Waals surface area contributed by atoms with Crippen molar-refractivity contribution in [1.82, 2.24) is 0 Å². The number of rotatable bonds is 9. The first-order chi connectivity index (χ1) is 40.5. The Morgan fingerprint density at radius 2 is 0.819 bits per heavy atom. The smallest absolute Gasteiger partial charge is 0.160 e. The summed E-state index contributed by atoms with van der Waals surface area (Å²) in [6, 6.07) is 88.7. The average molecular weight is 1080 g/mol. The molecular weight excluding hydrogens is 1020 g/mol. The first kappa shape index (κ1) is 50.1. The molecule has 0 radical (unpaired) electrons. The molecule has 15 rings (SSSR count). The molecule has 0 fully saturated rings. The van der Waals surface area contributed by atoms with Gasteiger partial charge in [0.25, 0.3) is 0 Å². The van der Waals surface area contributed by atoms with E-state index in [2.05, 4.69) is 226 Å². The van der Waals surface area contributed by atoms with Crippen molar-refractivity contribution < 1.29 is 13.2 Å². The van der Waals surface area contributed by atoms with Crippen LogP contribution in [0.5, 0.6) is 0 Å². The fourth-order valence-electron chi connectivity index (χ4n) is 13.6. The van der Waals surface area contributed by atoms with Crippen molar-refractivity contribution in [3.63, 3.8) is 0 Å². The van der Waals surface area contributed by atoms with Crippen molar-refractivity contribution in [2.24, 2.45) is 0 Å². The molecular formula is C78H58F2N2O. The van der Waals surface area contributed by atoms with Gasteiger partial charge >= 0.3 is 0 Å².